The molecule has 94 valence electrons. The zero-order valence-corrected chi connectivity index (χ0v) is 11.4. The minimum atomic E-state index is 0.114. The number of nitrogens with one attached hydrogen (secondary N) is 1. The van der Waals surface area contributed by atoms with Crippen LogP contribution in [0.15, 0.2) is 23.6 Å². The number of nitrogens with zero attached hydrogens (tertiary/aromatic N) is 1. The first-order chi connectivity index (χ1) is 8.79. The van der Waals surface area contributed by atoms with Crippen molar-refractivity contribution in [2.45, 2.75) is 19.4 Å². The maximum Gasteiger partial charge on any atom is 0.127 e. The lowest BCUT2D eigenvalue weighted by Gasteiger charge is -2.17. The van der Waals surface area contributed by atoms with Crippen LogP contribution in [0.25, 0.3) is 0 Å². The number of hydrogen-bond acceptors (Lipinski definition) is 4. The second kappa shape index (κ2) is 4.71. The summed E-state index contributed by atoms with van der Waals surface area (Å²) in [6, 6.07) is 6.49. The Balaban J connectivity index is 2.05. The molecule has 1 aromatic carbocycles. The average molecular weight is 260 g/mol. The molecule has 0 saturated heterocycles. The number of aromatic nitrogens is 1. The molecule has 2 heterocycles. The van der Waals surface area contributed by atoms with Gasteiger partial charge in [-0.1, -0.05) is 18.2 Å². The summed E-state index contributed by atoms with van der Waals surface area (Å²) in [5.41, 5.74) is 3.57. The lowest BCUT2D eigenvalue weighted by atomic mass is 10.00. The second-order valence-electron chi connectivity index (χ2n) is 4.45. The third-order valence-electron chi connectivity index (χ3n) is 3.28. The van der Waals surface area contributed by atoms with Crippen LogP contribution in [0, 0.1) is 6.92 Å². The van der Waals surface area contributed by atoms with Crippen molar-refractivity contribution in [2.24, 2.45) is 0 Å². The zero-order chi connectivity index (χ0) is 12.5. The predicted molar refractivity (Wildman–Crippen MR) is 73.4 cm³/mol. The first kappa shape index (κ1) is 11.7. The fourth-order valence-corrected chi connectivity index (χ4v) is 3.08. The van der Waals surface area contributed by atoms with E-state index in [1.165, 1.54) is 11.1 Å². The van der Waals surface area contributed by atoms with E-state index in [-0.39, 0.29) is 6.04 Å². The van der Waals surface area contributed by atoms with Crippen LogP contribution in [0.1, 0.15) is 27.9 Å². The number of thiazole rings is 1. The summed E-state index contributed by atoms with van der Waals surface area (Å²) in [5.74, 6) is 1.04. The van der Waals surface area contributed by atoms with Crippen LogP contribution >= 0.6 is 11.3 Å². The molecule has 3 rings (SSSR count). The maximum absolute atomic E-state index is 5.78. The Morgan fingerprint density at radius 3 is 3.06 bits per heavy atom. The van der Waals surface area contributed by atoms with Gasteiger partial charge in [0.1, 0.15) is 5.75 Å². The van der Waals surface area contributed by atoms with Gasteiger partial charge in [0, 0.05) is 17.4 Å². The van der Waals surface area contributed by atoms with E-state index in [2.05, 4.69) is 33.9 Å². The number of ether oxygens (including phenoxy) is 1. The highest BCUT2D eigenvalue weighted by Crippen LogP contribution is 2.36. The number of para-hydroxylation sites is 1. The zero-order valence-electron chi connectivity index (χ0n) is 10.6. The molecule has 1 atom stereocenters. The standard InChI is InChI=1S/C14H16N2OS/c1-9-16-12(8-18-9)13(15-2)11-5-3-4-10-6-7-17-14(10)11/h3-5,8,13,15H,6-7H2,1-2H3. The summed E-state index contributed by atoms with van der Waals surface area (Å²) < 4.78 is 5.78. The molecule has 0 spiro atoms. The number of fused-ring (bicyclic) bond motifs is 1. The van der Waals surface area contributed by atoms with Crippen molar-refractivity contribution in [3.63, 3.8) is 0 Å². The topological polar surface area (TPSA) is 34.2 Å². The summed E-state index contributed by atoms with van der Waals surface area (Å²) in [6.45, 7) is 2.83. The van der Waals surface area contributed by atoms with Crippen molar-refractivity contribution in [2.75, 3.05) is 13.7 Å². The summed E-state index contributed by atoms with van der Waals surface area (Å²) in [4.78, 5) is 4.58. The summed E-state index contributed by atoms with van der Waals surface area (Å²) in [7, 11) is 1.97. The Hall–Kier alpha value is -1.39. The minimum absolute atomic E-state index is 0.114. The molecule has 0 amide bonds. The number of benzene rings is 1. The van der Waals surface area contributed by atoms with Gasteiger partial charge in [-0.15, -0.1) is 11.3 Å². The van der Waals surface area contributed by atoms with Crippen molar-refractivity contribution in [1.29, 1.82) is 0 Å². The van der Waals surface area contributed by atoms with Crippen molar-refractivity contribution in [3.8, 4) is 5.75 Å². The Morgan fingerprint density at radius 1 is 1.44 bits per heavy atom. The number of rotatable bonds is 3. The molecule has 1 aromatic heterocycles. The van der Waals surface area contributed by atoms with E-state index < -0.39 is 0 Å². The van der Waals surface area contributed by atoms with Gasteiger partial charge in [-0.05, 0) is 19.5 Å². The Morgan fingerprint density at radius 2 is 2.33 bits per heavy atom. The van der Waals surface area contributed by atoms with Gasteiger partial charge < -0.3 is 10.1 Å². The molecule has 0 aliphatic carbocycles. The quantitative estimate of drug-likeness (QED) is 0.921. The van der Waals surface area contributed by atoms with Crippen LogP contribution in [0.3, 0.4) is 0 Å². The molecule has 4 heteroatoms. The van der Waals surface area contributed by atoms with E-state index in [0.717, 1.165) is 29.5 Å². The largest absolute Gasteiger partial charge is 0.493 e. The van der Waals surface area contributed by atoms with Gasteiger partial charge in [-0.3, -0.25) is 0 Å². The number of aryl methyl sites for hydroxylation is 1. The molecule has 2 aromatic rings. The van der Waals surface area contributed by atoms with Crippen molar-refractivity contribution < 1.29 is 4.74 Å². The SMILES string of the molecule is CNC(c1csc(C)n1)c1cccc2c1OCC2. The third kappa shape index (κ3) is 1.91. The predicted octanol–water partition coefficient (Wildman–Crippen LogP) is 2.70. The fourth-order valence-electron chi connectivity index (χ4n) is 2.44. The van der Waals surface area contributed by atoms with Gasteiger partial charge in [-0.2, -0.15) is 0 Å². The second-order valence-corrected chi connectivity index (χ2v) is 5.51. The van der Waals surface area contributed by atoms with Gasteiger partial charge in [0.15, 0.2) is 0 Å². The van der Waals surface area contributed by atoms with Crippen LogP contribution in [-0.2, 0) is 6.42 Å². The lowest BCUT2D eigenvalue weighted by molar-refractivity contribution is 0.351. The first-order valence-electron chi connectivity index (χ1n) is 6.13. The van der Waals surface area contributed by atoms with Gasteiger partial charge in [0.25, 0.3) is 0 Å². The molecule has 18 heavy (non-hydrogen) atoms. The molecule has 1 unspecified atom stereocenters. The average Bonchev–Trinajstić information content (AvgIpc) is 2.99. The van der Waals surface area contributed by atoms with Gasteiger partial charge >= 0.3 is 0 Å². The van der Waals surface area contributed by atoms with E-state index >= 15 is 0 Å². The molecular formula is C14H16N2OS. The molecule has 0 bridgehead atoms. The number of hydrogen-bond donors (Lipinski definition) is 1. The molecule has 0 radical (unpaired) electrons. The Labute approximate surface area is 111 Å². The molecule has 0 saturated carbocycles. The van der Waals surface area contributed by atoms with Crippen LogP contribution in [-0.4, -0.2) is 18.6 Å². The van der Waals surface area contributed by atoms with Crippen molar-refractivity contribution >= 4 is 11.3 Å². The highest BCUT2D eigenvalue weighted by molar-refractivity contribution is 7.09. The highest BCUT2D eigenvalue weighted by Gasteiger charge is 2.23. The molecule has 1 N–H and O–H groups in total. The molecule has 0 fully saturated rings. The van der Waals surface area contributed by atoms with Gasteiger partial charge in [0.05, 0.1) is 23.4 Å². The fraction of sp³-hybridized carbons (Fsp3) is 0.357. The van der Waals surface area contributed by atoms with Crippen LogP contribution in [0.5, 0.6) is 5.75 Å². The van der Waals surface area contributed by atoms with E-state index in [0.29, 0.717) is 0 Å². The lowest BCUT2D eigenvalue weighted by Crippen LogP contribution is -2.18. The third-order valence-corrected chi connectivity index (χ3v) is 4.07. The highest BCUT2D eigenvalue weighted by atomic mass is 32.1. The Kier molecular flexibility index (Phi) is 3.06. The van der Waals surface area contributed by atoms with E-state index in [9.17, 15) is 0 Å². The summed E-state index contributed by atoms with van der Waals surface area (Å²) >= 11 is 1.68. The first-order valence-corrected chi connectivity index (χ1v) is 7.01. The molecule has 3 nitrogen and oxygen atoms in total. The smallest absolute Gasteiger partial charge is 0.127 e. The monoisotopic (exact) mass is 260 g/mol. The van der Waals surface area contributed by atoms with Crippen LogP contribution in [0.2, 0.25) is 0 Å². The van der Waals surface area contributed by atoms with Gasteiger partial charge in [0.2, 0.25) is 0 Å². The minimum Gasteiger partial charge on any atom is -0.493 e. The summed E-state index contributed by atoms with van der Waals surface area (Å²) in [5, 5.41) is 6.55. The van der Waals surface area contributed by atoms with Crippen molar-refractivity contribution in [1.82, 2.24) is 10.3 Å². The van der Waals surface area contributed by atoms with Crippen LogP contribution in [0.4, 0.5) is 0 Å². The molecular weight excluding hydrogens is 244 g/mol. The van der Waals surface area contributed by atoms with Crippen molar-refractivity contribution in [3.05, 3.63) is 45.4 Å². The summed E-state index contributed by atoms with van der Waals surface area (Å²) in [6.07, 6.45) is 1.01. The molecule has 1 aliphatic heterocycles. The normalized spacial score (nSPS) is 15.2. The van der Waals surface area contributed by atoms with E-state index in [1.807, 2.05) is 14.0 Å². The molecule has 1 aliphatic rings. The van der Waals surface area contributed by atoms with E-state index in [4.69, 9.17) is 4.74 Å². The van der Waals surface area contributed by atoms with Gasteiger partial charge in [-0.25, -0.2) is 4.98 Å². The maximum atomic E-state index is 5.78. The Bertz CT molecular complexity index is 565. The van der Waals surface area contributed by atoms with E-state index in [1.54, 1.807) is 11.3 Å². The van der Waals surface area contributed by atoms with Crippen LogP contribution < -0.4 is 10.1 Å².